The van der Waals surface area contributed by atoms with Crippen LogP contribution in [0.4, 0.5) is 5.82 Å². The van der Waals surface area contributed by atoms with Gasteiger partial charge in [-0.1, -0.05) is 6.92 Å². The van der Waals surface area contributed by atoms with E-state index in [4.69, 9.17) is 9.97 Å². The second-order valence-corrected chi connectivity index (χ2v) is 7.85. The monoisotopic (exact) mass is 369 g/mol. The summed E-state index contributed by atoms with van der Waals surface area (Å²) in [6.07, 6.45) is 1.10. The third-order valence-corrected chi connectivity index (χ3v) is 6.30. The first kappa shape index (κ1) is 14.4. The number of aromatic nitrogens is 2. The van der Waals surface area contributed by atoms with Gasteiger partial charge in [0.05, 0.1) is 10.6 Å². The average Bonchev–Trinajstić information content (AvgIpc) is 3.03. The minimum atomic E-state index is 0.851. The largest absolute Gasteiger partial charge is 0.370 e. The van der Waals surface area contributed by atoms with Gasteiger partial charge in [-0.25, -0.2) is 9.97 Å². The van der Waals surface area contributed by atoms with E-state index in [1.807, 2.05) is 11.8 Å². The lowest BCUT2D eigenvalue weighted by Crippen LogP contribution is -2.07. The van der Waals surface area contributed by atoms with Gasteiger partial charge in [-0.3, -0.25) is 0 Å². The smallest absolute Gasteiger partial charge is 0.171 e. The number of fused-ring (bicyclic) bond motifs is 1. The van der Waals surface area contributed by atoms with E-state index < -0.39 is 0 Å². The van der Waals surface area contributed by atoms with Crippen molar-refractivity contribution in [1.29, 1.82) is 0 Å². The van der Waals surface area contributed by atoms with E-state index in [2.05, 4.69) is 41.2 Å². The molecule has 0 fully saturated rings. The number of nitrogens with one attached hydrogen (secondary N) is 1. The molecule has 1 N–H and O–H groups in total. The first-order valence-electron chi connectivity index (χ1n) is 6.66. The maximum absolute atomic E-state index is 4.76. The molecule has 0 unspecified atom stereocenters. The molecule has 20 heavy (non-hydrogen) atoms. The Morgan fingerprint density at radius 2 is 2.20 bits per heavy atom. The minimum absolute atomic E-state index is 0.851. The lowest BCUT2D eigenvalue weighted by atomic mass is 10.2. The fourth-order valence-electron chi connectivity index (χ4n) is 2.12. The van der Waals surface area contributed by atoms with Crippen molar-refractivity contribution in [1.82, 2.24) is 9.97 Å². The number of anilines is 1. The van der Waals surface area contributed by atoms with Crippen LogP contribution in [0.3, 0.4) is 0 Å². The number of rotatable bonds is 4. The lowest BCUT2D eigenvalue weighted by molar-refractivity contribution is 0.956. The SMILES string of the molecule is CCCNc1nc(-c2cc(Br)c(C)s2)nc2c1CSC2. The maximum atomic E-state index is 4.76. The first-order valence-corrected chi connectivity index (χ1v) is 9.43. The molecule has 0 saturated carbocycles. The van der Waals surface area contributed by atoms with Gasteiger partial charge in [0.15, 0.2) is 5.82 Å². The van der Waals surface area contributed by atoms with Crippen molar-refractivity contribution < 1.29 is 0 Å². The van der Waals surface area contributed by atoms with Gasteiger partial charge in [-0.2, -0.15) is 11.8 Å². The van der Waals surface area contributed by atoms with Gasteiger partial charge >= 0.3 is 0 Å². The van der Waals surface area contributed by atoms with Crippen LogP contribution in [0.15, 0.2) is 10.5 Å². The van der Waals surface area contributed by atoms with Crippen LogP contribution in [0, 0.1) is 6.92 Å². The predicted molar refractivity (Wildman–Crippen MR) is 91.6 cm³/mol. The van der Waals surface area contributed by atoms with Crippen molar-refractivity contribution >= 4 is 44.8 Å². The lowest BCUT2D eigenvalue weighted by Gasteiger charge is -2.10. The topological polar surface area (TPSA) is 37.8 Å². The average molecular weight is 370 g/mol. The van der Waals surface area contributed by atoms with Crippen molar-refractivity contribution in [3.63, 3.8) is 0 Å². The molecule has 106 valence electrons. The number of thioether (sulfide) groups is 1. The second-order valence-electron chi connectivity index (χ2n) is 4.76. The van der Waals surface area contributed by atoms with Crippen LogP contribution in [-0.4, -0.2) is 16.5 Å². The summed E-state index contributed by atoms with van der Waals surface area (Å²) in [5.41, 5.74) is 2.49. The van der Waals surface area contributed by atoms with Crippen LogP contribution in [-0.2, 0) is 11.5 Å². The molecule has 0 atom stereocenters. The standard InChI is InChI=1S/C14H16BrN3S2/c1-3-4-16-13-9-6-19-7-11(9)17-14(18-13)12-5-10(15)8(2)20-12/h5H,3-4,6-7H2,1-2H3,(H,16,17,18). The van der Waals surface area contributed by atoms with E-state index in [-0.39, 0.29) is 0 Å². The zero-order valence-electron chi connectivity index (χ0n) is 11.5. The molecule has 0 bridgehead atoms. The highest BCUT2D eigenvalue weighted by Crippen LogP contribution is 2.37. The minimum Gasteiger partial charge on any atom is -0.370 e. The molecule has 2 aromatic rings. The summed E-state index contributed by atoms with van der Waals surface area (Å²) in [4.78, 5) is 11.9. The van der Waals surface area contributed by atoms with E-state index in [9.17, 15) is 0 Å². The molecule has 1 aliphatic rings. The predicted octanol–water partition coefficient (Wildman–Crippen LogP) is 4.84. The van der Waals surface area contributed by atoms with Gasteiger partial charge in [-0.05, 0) is 35.3 Å². The van der Waals surface area contributed by atoms with Crippen LogP contribution >= 0.6 is 39.0 Å². The quantitative estimate of drug-likeness (QED) is 0.835. The Hall–Kier alpha value is -0.590. The summed E-state index contributed by atoms with van der Waals surface area (Å²) < 4.78 is 1.14. The number of aryl methyl sites for hydroxylation is 1. The fraction of sp³-hybridized carbons (Fsp3) is 0.429. The van der Waals surface area contributed by atoms with Gasteiger partial charge in [0.2, 0.25) is 0 Å². The Morgan fingerprint density at radius 3 is 2.90 bits per heavy atom. The van der Waals surface area contributed by atoms with Crippen LogP contribution < -0.4 is 5.32 Å². The van der Waals surface area contributed by atoms with Gasteiger partial charge in [-0.15, -0.1) is 11.3 Å². The van der Waals surface area contributed by atoms with Gasteiger partial charge in [0.25, 0.3) is 0 Å². The molecular weight excluding hydrogens is 354 g/mol. The summed E-state index contributed by atoms with van der Waals surface area (Å²) in [5.74, 6) is 3.90. The molecular formula is C14H16BrN3S2. The summed E-state index contributed by atoms with van der Waals surface area (Å²) in [7, 11) is 0. The molecule has 0 amide bonds. The van der Waals surface area contributed by atoms with Gasteiger partial charge in [0, 0.05) is 33.0 Å². The fourth-order valence-corrected chi connectivity index (χ4v) is 4.63. The van der Waals surface area contributed by atoms with E-state index in [1.165, 1.54) is 16.1 Å². The normalized spacial score (nSPS) is 13.6. The van der Waals surface area contributed by atoms with Crippen molar-refractivity contribution in [2.75, 3.05) is 11.9 Å². The summed E-state index contributed by atoms with van der Waals surface area (Å²) in [6, 6.07) is 2.12. The highest BCUT2D eigenvalue weighted by atomic mass is 79.9. The molecule has 3 nitrogen and oxygen atoms in total. The number of thiophene rings is 1. The van der Waals surface area contributed by atoms with Gasteiger partial charge < -0.3 is 5.32 Å². The van der Waals surface area contributed by atoms with Crippen molar-refractivity contribution in [2.45, 2.75) is 31.8 Å². The van der Waals surface area contributed by atoms with E-state index in [0.29, 0.717) is 0 Å². The molecule has 3 rings (SSSR count). The third kappa shape index (κ3) is 2.73. The molecule has 2 aromatic heterocycles. The zero-order chi connectivity index (χ0) is 14.1. The Kier molecular flexibility index (Phi) is 4.33. The molecule has 0 spiro atoms. The van der Waals surface area contributed by atoms with E-state index in [0.717, 1.165) is 45.5 Å². The molecule has 0 saturated heterocycles. The van der Waals surface area contributed by atoms with E-state index in [1.54, 1.807) is 11.3 Å². The number of halogens is 1. The van der Waals surface area contributed by atoms with Crippen LogP contribution in [0.2, 0.25) is 0 Å². The van der Waals surface area contributed by atoms with Crippen LogP contribution in [0.1, 0.15) is 29.5 Å². The highest BCUT2D eigenvalue weighted by Gasteiger charge is 2.21. The summed E-state index contributed by atoms with van der Waals surface area (Å²) >= 11 is 7.22. The van der Waals surface area contributed by atoms with Crippen molar-refractivity contribution in [3.05, 3.63) is 26.7 Å². The second kappa shape index (κ2) is 6.03. The highest BCUT2D eigenvalue weighted by molar-refractivity contribution is 9.10. The van der Waals surface area contributed by atoms with Crippen LogP contribution in [0.25, 0.3) is 10.7 Å². The van der Waals surface area contributed by atoms with E-state index >= 15 is 0 Å². The Labute approximate surface area is 135 Å². The molecule has 0 aliphatic carbocycles. The molecule has 6 heteroatoms. The molecule has 0 aromatic carbocycles. The molecule has 1 aliphatic heterocycles. The molecule has 0 radical (unpaired) electrons. The van der Waals surface area contributed by atoms with Crippen LogP contribution in [0.5, 0.6) is 0 Å². The Balaban J connectivity index is 2.03. The third-order valence-electron chi connectivity index (χ3n) is 3.20. The zero-order valence-corrected chi connectivity index (χ0v) is 14.7. The summed E-state index contributed by atoms with van der Waals surface area (Å²) in [6.45, 7) is 5.24. The maximum Gasteiger partial charge on any atom is 0.171 e. The number of nitrogens with zero attached hydrogens (tertiary/aromatic N) is 2. The number of hydrogen-bond donors (Lipinski definition) is 1. The Morgan fingerprint density at radius 1 is 1.35 bits per heavy atom. The number of hydrogen-bond acceptors (Lipinski definition) is 5. The van der Waals surface area contributed by atoms with Crippen molar-refractivity contribution in [3.8, 4) is 10.7 Å². The Bertz CT molecular complexity index is 620. The van der Waals surface area contributed by atoms with Gasteiger partial charge in [0.1, 0.15) is 5.82 Å². The molecule has 3 heterocycles. The first-order chi connectivity index (χ1) is 9.69. The summed E-state index contributed by atoms with van der Waals surface area (Å²) in [5, 5.41) is 3.45. The van der Waals surface area contributed by atoms with Crippen molar-refractivity contribution in [2.24, 2.45) is 0 Å².